The van der Waals surface area contributed by atoms with Crippen LogP contribution in [0.3, 0.4) is 0 Å². The molecule has 2 saturated heterocycles. The highest BCUT2D eigenvalue weighted by Gasteiger charge is 2.32. The summed E-state index contributed by atoms with van der Waals surface area (Å²) in [6, 6.07) is 5.47. The van der Waals surface area contributed by atoms with E-state index < -0.39 is 5.97 Å². The van der Waals surface area contributed by atoms with Gasteiger partial charge in [0.2, 0.25) is 0 Å². The molecule has 29 heavy (non-hydrogen) atoms. The maximum Gasteiger partial charge on any atom is 0.341 e. The summed E-state index contributed by atoms with van der Waals surface area (Å²) < 4.78 is 21.8. The summed E-state index contributed by atoms with van der Waals surface area (Å²) in [7, 11) is 4.66. The molecule has 0 amide bonds. The van der Waals surface area contributed by atoms with E-state index in [0.717, 1.165) is 44.1 Å². The van der Waals surface area contributed by atoms with Crippen molar-refractivity contribution in [1.29, 1.82) is 0 Å². The first-order valence-electron chi connectivity index (χ1n) is 9.60. The van der Waals surface area contributed by atoms with Crippen LogP contribution in [-0.2, 0) is 20.8 Å². The molecule has 0 radical (unpaired) electrons. The first-order valence-corrected chi connectivity index (χ1v) is 9.60. The maximum absolute atomic E-state index is 12.0. The summed E-state index contributed by atoms with van der Waals surface area (Å²) in [5.41, 5.74) is 1.34. The number of morpholine rings is 1. The van der Waals surface area contributed by atoms with Gasteiger partial charge in [-0.3, -0.25) is 4.99 Å². The predicted octanol–water partition coefficient (Wildman–Crippen LogP) is 2.05. The summed E-state index contributed by atoms with van der Waals surface area (Å²) in [5, 5.41) is 3.37. The van der Waals surface area contributed by atoms with Gasteiger partial charge in [-0.15, -0.1) is 24.0 Å². The van der Waals surface area contributed by atoms with E-state index in [9.17, 15) is 4.79 Å². The van der Waals surface area contributed by atoms with Crippen molar-refractivity contribution in [2.45, 2.75) is 31.6 Å². The van der Waals surface area contributed by atoms with Crippen molar-refractivity contribution in [3.63, 3.8) is 0 Å². The number of guanidine groups is 1. The molecule has 0 spiro atoms. The van der Waals surface area contributed by atoms with E-state index in [0.29, 0.717) is 24.5 Å². The number of halogens is 1. The van der Waals surface area contributed by atoms with E-state index >= 15 is 0 Å². The minimum Gasteiger partial charge on any atom is -0.496 e. The summed E-state index contributed by atoms with van der Waals surface area (Å²) >= 11 is 0. The number of carbonyl (C=O) groups excluding carboxylic acids is 1. The van der Waals surface area contributed by atoms with Crippen LogP contribution in [0.4, 0.5) is 0 Å². The number of ether oxygens (including phenoxy) is 4. The zero-order valence-corrected chi connectivity index (χ0v) is 19.5. The Bertz CT molecular complexity index is 709. The molecule has 2 heterocycles. The van der Waals surface area contributed by atoms with E-state index in [-0.39, 0.29) is 36.2 Å². The largest absolute Gasteiger partial charge is 0.496 e. The van der Waals surface area contributed by atoms with Gasteiger partial charge in [0.1, 0.15) is 17.4 Å². The summed E-state index contributed by atoms with van der Waals surface area (Å²) in [4.78, 5) is 18.6. The van der Waals surface area contributed by atoms with Gasteiger partial charge in [-0.25, -0.2) is 4.79 Å². The fourth-order valence-corrected chi connectivity index (χ4v) is 3.64. The molecule has 2 unspecified atom stereocenters. The molecular formula is C20H30IN3O5. The Morgan fingerprint density at radius 3 is 2.72 bits per heavy atom. The standard InChI is InChI=1S/C20H29N3O5.HI/c1-21-20(23-8-10-28-18(13-23)17-5-4-9-27-17)22-12-14-6-7-16(25-2)15(11-14)19(24)26-3;/h6-7,11,17-18H,4-5,8-10,12-13H2,1-3H3,(H,21,22);1H. The fourth-order valence-electron chi connectivity index (χ4n) is 3.64. The molecule has 162 valence electrons. The number of nitrogens with one attached hydrogen (secondary N) is 1. The van der Waals surface area contributed by atoms with Crippen molar-refractivity contribution in [2.75, 3.05) is 47.6 Å². The molecule has 1 aromatic carbocycles. The molecule has 8 nitrogen and oxygen atoms in total. The van der Waals surface area contributed by atoms with Crippen molar-refractivity contribution >= 4 is 35.9 Å². The monoisotopic (exact) mass is 519 g/mol. The number of esters is 1. The van der Waals surface area contributed by atoms with Crippen molar-refractivity contribution < 1.29 is 23.7 Å². The quantitative estimate of drug-likeness (QED) is 0.276. The zero-order chi connectivity index (χ0) is 19.9. The van der Waals surface area contributed by atoms with Gasteiger partial charge in [-0.05, 0) is 30.5 Å². The Balaban J connectivity index is 0.00000300. The van der Waals surface area contributed by atoms with Gasteiger partial charge < -0.3 is 29.2 Å². The van der Waals surface area contributed by atoms with E-state index in [2.05, 4.69) is 15.2 Å². The third kappa shape index (κ3) is 5.95. The van der Waals surface area contributed by atoms with E-state index in [1.807, 2.05) is 6.07 Å². The van der Waals surface area contributed by atoms with Gasteiger partial charge in [0.15, 0.2) is 5.96 Å². The van der Waals surface area contributed by atoms with Gasteiger partial charge >= 0.3 is 5.97 Å². The fraction of sp³-hybridized carbons (Fsp3) is 0.600. The minimum atomic E-state index is -0.421. The molecule has 3 rings (SSSR count). The zero-order valence-electron chi connectivity index (χ0n) is 17.2. The Morgan fingerprint density at radius 2 is 2.07 bits per heavy atom. The highest BCUT2D eigenvalue weighted by Crippen LogP contribution is 2.22. The second-order valence-electron chi connectivity index (χ2n) is 6.83. The van der Waals surface area contributed by atoms with Crippen molar-refractivity contribution in [3.05, 3.63) is 29.3 Å². The lowest BCUT2D eigenvalue weighted by molar-refractivity contribution is -0.0817. The molecule has 1 aromatic rings. The number of carbonyl (C=O) groups is 1. The molecule has 2 aliphatic rings. The van der Waals surface area contributed by atoms with E-state index in [4.69, 9.17) is 18.9 Å². The second kappa shape index (κ2) is 11.6. The maximum atomic E-state index is 12.0. The minimum absolute atomic E-state index is 0. The molecule has 0 saturated carbocycles. The van der Waals surface area contributed by atoms with Crippen molar-refractivity contribution in [2.24, 2.45) is 4.99 Å². The number of methoxy groups -OCH3 is 2. The lowest BCUT2D eigenvalue weighted by atomic mass is 10.1. The number of nitrogens with zero attached hydrogens (tertiary/aromatic N) is 2. The normalized spacial score (nSPS) is 22.0. The Kier molecular flexibility index (Phi) is 9.44. The molecule has 9 heteroatoms. The van der Waals surface area contributed by atoms with Crippen LogP contribution in [0.5, 0.6) is 5.75 Å². The summed E-state index contributed by atoms with van der Waals surface area (Å²) in [6.45, 7) is 3.53. The molecular weight excluding hydrogens is 489 g/mol. The Labute approximate surface area is 188 Å². The lowest BCUT2D eigenvalue weighted by Crippen LogP contribution is -2.53. The number of rotatable bonds is 5. The number of aliphatic imine (C=N–C) groups is 1. The van der Waals surface area contributed by atoms with Crippen LogP contribution in [0.1, 0.15) is 28.8 Å². The van der Waals surface area contributed by atoms with Crippen LogP contribution in [-0.4, -0.2) is 76.6 Å². The predicted molar refractivity (Wildman–Crippen MR) is 120 cm³/mol. The first-order chi connectivity index (χ1) is 13.7. The van der Waals surface area contributed by atoms with E-state index in [1.165, 1.54) is 14.2 Å². The first kappa shape index (κ1) is 23.7. The highest BCUT2D eigenvalue weighted by atomic mass is 127. The van der Waals surface area contributed by atoms with Crippen LogP contribution in [0, 0.1) is 0 Å². The average molecular weight is 519 g/mol. The van der Waals surface area contributed by atoms with Gasteiger partial charge in [0.05, 0.1) is 26.9 Å². The molecule has 1 N–H and O–H groups in total. The van der Waals surface area contributed by atoms with Gasteiger partial charge in [0, 0.05) is 33.3 Å². The van der Waals surface area contributed by atoms with Crippen LogP contribution >= 0.6 is 24.0 Å². The highest BCUT2D eigenvalue weighted by molar-refractivity contribution is 14.0. The smallest absolute Gasteiger partial charge is 0.341 e. The molecule has 2 aliphatic heterocycles. The van der Waals surface area contributed by atoms with Gasteiger partial charge in [0.25, 0.3) is 0 Å². The van der Waals surface area contributed by atoms with Gasteiger partial charge in [-0.2, -0.15) is 0 Å². The SMILES string of the molecule is CN=C(NCc1ccc(OC)c(C(=O)OC)c1)N1CCOC(C2CCCO2)C1.I. The number of hydrogen-bond acceptors (Lipinski definition) is 6. The molecule has 2 fully saturated rings. The molecule has 0 aliphatic carbocycles. The van der Waals surface area contributed by atoms with Crippen molar-refractivity contribution in [3.8, 4) is 5.75 Å². The molecule has 0 bridgehead atoms. The summed E-state index contributed by atoms with van der Waals surface area (Å²) in [5.74, 6) is 0.880. The summed E-state index contributed by atoms with van der Waals surface area (Å²) in [6.07, 6.45) is 2.39. The van der Waals surface area contributed by atoms with Crippen LogP contribution in [0.15, 0.2) is 23.2 Å². The van der Waals surface area contributed by atoms with Crippen LogP contribution < -0.4 is 10.1 Å². The van der Waals surface area contributed by atoms with Crippen LogP contribution in [0.2, 0.25) is 0 Å². The van der Waals surface area contributed by atoms with Crippen molar-refractivity contribution in [1.82, 2.24) is 10.2 Å². The number of hydrogen-bond donors (Lipinski definition) is 1. The third-order valence-electron chi connectivity index (χ3n) is 5.10. The average Bonchev–Trinajstić information content (AvgIpc) is 3.28. The van der Waals surface area contributed by atoms with Gasteiger partial charge in [-0.1, -0.05) is 6.07 Å². The van der Waals surface area contributed by atoms with E-state index in [1.54, 1.807) is 19.2 Å². The van der Waals surface area contributed by atoms with Crippen LogP contribution in [0.25, 0.3) is 0 Å². The second-order valence-corrected chi connectivity index (χ2v) is 6.83. The molecule has 0 aromatic heterocycles. The lowest BCUT2D eigenvalue weighted by Gasteiger charge is -2.37. The number of benzene rings is 1. The topological polar surface area (TPSA) is 81.6 Å². The third-order valence-corrected chi connectivity index (χ3v) is 5.10. The Morgan fingerprint density at radius 1 is 1.28 bits per heavy atom. The Hall–Kier alpha value is -1.59. The molecule has 2 atom stereocenters.